The fourth-order valence-corrected chi connectivity index (χ4v) is 2.75. The van der Waals surface area contributed by atoms with Gasteiger partial charge in [0.05, 0.1) is 0 Å². The summed E-state index contributed by atoms with van der Waals surface area (Å²) in [7, 11) is 1.86. The van der Waals surface area contributed by atoms with E-state index in [0.29, 0.717) is 17.3 Å². The summed E-state index contributed by atoms with van der Waals surface area (Å²) >= 11 is 5.99. The molecule has 0 aliphatic carbocycles. The van der Waals surface area contributed by atoms with Crippen molar-refractivity contribution in [3.8, 4) is 16.9 Å². The summed E-state index contributed by atoms with van der Waals surface area (Å²) in [4.78, 5) is 0. The number of halogens is 2. The lowest BCUT2D eigenvalue weighted by Crippen LogP contribution is -2.27. The van der Waals surface area contributed by atoms with Crippen molar-refractivity contribution in [1.82, 2.24) is 5.32 Å². The standard InChI is InChI=1S/C16H15ClFNO/c1-19-9-14-7-12-5-11(8-15(18)16(12)20-14)10-3-2-4-13(17)6-10/h2-6,8,14,19H,7,9H2,1H3. The average molecular weight is 292 g/mol. The molecule has 1 unspecified atom stereocenters. The summed E-state index contributed by atoms with van der Waals surface area (Å²) in [6, 6.07) is 10.9. The van der Waals surface area contributed by atoms with Gasteiger partial charge in [-0.1, -0.05) is 23.7 Å². The van der Waals surface area contributed by atoms with E-state index in [2.05, 4.69) is 5.32 Å². The van der Waals surface area contributed by atoms with Crippen molar-refractivity contribution in [3.63, 3.8) is 0 Å². The third kappa shape index (κ3) is 2.51. The van der Waals surface area contributed by atoms with E-state index in [4.69, 9.17) is 16.3 Å². The van der Waals surface area contributed by atoms with Crippen LogP contribution in [0.5, 0.6) is 5.75 Å². The quantitative estimate of drug-likeness (QED) is 0.932. The van der Waals surface area contributed by atoms with Gasteiger partial charge in [-0.3, -0.25) is 0 Å². The van der Waals surface area contributed by atoms with Gasteiger partial charge in [0.1, 0.15) is 6.10 Å². The van der Waals surface area contributed by atoms with E-state index in [1.165, 1.54) is 6.07 Å². The number of fused-ring (bicyclic) bond motifs is 1. The first kappa shape index (κ1) is 13.4. The summed E-state index contributed by atoms with van der Waals surface area (Å²) in [5.74, 6) is 0.0760. The molecule has 2 nitrogen and oxygen atoms in total. The van der Waals surface area contributed by atoms with Crippen LogP contribution in [-0.4, -0.2) is 19.7 Å². The Labute approximate surface area is 122 Å². The van der Waals surface area contributed by atoms with Crippen molar-refractivity contribution < 1.29 is 9.13 Å². The molecule has 0 amide bonds. The molecule has 0 saturated carbocycles. The van der Waals surface area contributed by atoms with Crippen LogP contribution < -0.4 is 10.1 Å². The van der Waals surface area contributed by atoms with Crippen LogP contribution in [0.15, 0.2) is 36.4 Å². The zero-order valence-corrected chi connectivity index (χ0v) is 11.9. The zero-order chi connectivity index (χ0) is 14.1. The average Bonchev–Trinajstić information content (AvgIpc) is 2.82. The minimum atomic E-state index is -0.309. The van der Waals surface area contributed by atoms with Gasteiger partial charge in [-0.25, -0.2) is 4.39 Å². The number of rotatable bonds is 3. The highest BCUT2D eigenvalue weighted by Gasteiger charge is 2.26. The molecule has 0 fully saturated rings. The first-order valence-electron chi connectivity index (χ1n) is 6.57. The second kappa shape index (κ2) is 5.43. The highest BCUT2D eigenvalue weighted by molar-refractivity contribution is 6.30. The molecule has 0 spiro atoms. The van der Waals surface area contributed by atoms with Crippen molar-refractivity contribution in [3.05, 3.63) is 52.8 Å². The summed E-state index contributed by atoms with van der Waals surface area (Å²) in [6.45, 7) is 0.709. The Morgan fingerprint density at radius 3 is 2.90 bits per heavy atom. The van der Waals surface area contributed by atoms with Crippen molar-refractivity contribution in [2.45, 2.75) is 12.5 Å². The smallest absolute Gasteiger partial charge is 0.165 e. The first-order valence-corrected chi connectivity index (χ1v) is 6.95. The van der Waals surface area contributed by atoms with Crippen LogP contribution in [0.3, 0.4) is 0 Å². The predicted molar refractivity (Wildman–Crippen MR) is 78.9 cm³/mol. The highest BCUT2D eigenvalue weighted by atomic mass is 35.5. The largest absolute Gasteiger partial charge is 0.485 e. The van der Waals surface area contributed by atoms with Crippen molar-refractivity contribution in [1.29, 1.82) is 0 Å². The Morgan fingerprint density at radius 1 is 1.30 bits per heavy atom. The number of benzene rings is 2. The Kier molecular flexibility index (Phi) is 3.64. The second-order valence-electron chi connectivity index (χ2n) is 4.96. The molecule has 0 radical (unpaired) electrons. The van der Waals surface area contributed by atoms with E-state index in [0.717, 1.165) is 23.1 Å². The number of hydrogen-bond acceptors (Lipinski definition) is 2. The van der Waals surface area contributed by atoms with E-state index >= 15 is 0 Å². The third-order valence-electron chi connectivity index (χ3n) is 3.44. The molecule has 0 aromatic heterocycles. The van der Waals surface area contributed by atoms with Crippen LogP contribution in [0.25, 0.3) is 11.1 Å². The number of ether oxygens (including phenoxy) is 1. The van der Waals surface area contributed by atoms with Crippen molar-refractivity contribution in [2.24, 2.45) is 0 Å². The molecule has 1 aliphatic rings. The van der Waals surface area contributed by atoms with Gasteiger partial charge >= 0.3 is 0 Å². The maximum absolute atomic E-state index is 14.2. The molecule has 4 heteroatoms. The molecule has 2 aromatic rings. The van der Waals surface area contributed by atoms with Crippen molar-refractivity contribution in [2.75, 3.05) is 13.6 Å². The van der Waals surface area contributed by atoms with E-state index in [-0.39, 0.29) is 11.9 Å². The van der Waals surface area contributed by atoms with E-state index in [1.807, 2.05) is 31.3 Å². The highest BCUT2D eigenvalue weighted by Crippen LogP contribution is 2.36. The normalized spacial score (nSPS) is 16.9. The molecule has 0 saturated heterocycles. The Bertz CT molecular complexity index is 644. The molecule has 20 heavy (non-hydrogen) atoms. The lowest BCUT2D eigenvalue weighted by molar-refractivity contribution is 0.223. The number of nitrogens with one attached hydrogen (secondary N) is 1. The molecule has 0 bridgehead atoms. The van der Waals surface area contributed by atoms with Gasteiger partial charge in [0.2, 0.25) is 0 Å². The van der Waals surface area contributed by atoms with Crippen LogP contribution in [0.2, 0.25) is 5.02 Å². The Morgan fingerprint density at radius 2 is 2.15 bits per heavy atom. The van der Waals surface area contributed by atoms with Crippen LogP contribution >= 0.6 is 11.6 Å². The van der Waals surface area contributed by atoms with E-state index in [9.17, 15) is 4.39 Å². The third-order valence-corrected chi connectivity index (χ3v) is 3.68. The van der Waals surface area contributed by atoms with Crippen LogP contribution in [0.4, 0.5) is 4.39 Å². The van der Waals surface area contributed by atoms with Gasteiger partial charge in [-0.05, 0) is 42.4 Å². The number of hydrogen-bond donors (Lipinski definition) is 1. The van der Waals surface area contributed by atoms with Crippen LogP contribution in [-0.2, 0) is 6.42 Å². The summed E-state index contributed by atoms with van der Waals surface area (Å²) < 4.78 is 19.8. The Hall–Kier alpha value is -1.58. The van der Waals surface area contributed by atoms with Crippen LogP contribution in [0, 0.1) is 5.82 Å². The molecule has 2 aromatic carbocycles. The lowest BCUT2D eigenvalue weighted by atomic mass is 10.0. The van der Waals surface area contributed by atoms with E-state index < -0.39 is 0 Å². The van der Waals surface area contributed by atoms with Crippen molar-refractivity contribution >= 4 is 11.6 Å². The molecular weight excluding hydrogens is 277 g/mol. The zero-order valence-electron chi connectivity index (χ0n) is 11.1. The topological polar surface area (TPSA) is 21.3 Å². The molecule has 1 N–H and O–H groups in total. The maximum Gasteiger partial charge on any atom is 0.165 e. The lowest BCUT2D eigenvalue weighted by Gasteiger charge is -2.09. The van der Waals surface area contributed by atoms with Gasteiger partial charge in [-0.2, -0.15) is 0 Å². The predicted octanol–water partition coefficient (Wildman–Crippen LogP) is 3.67. The number of likely N-dealkylation sites (N-methyl/N-ethyl adjacent to an activating group) is 1. The maximum atomic E-state index is 14.2. The summed E-state index contributed by atoms with van der Waals surface area (Å²) in [6.07, 6.45) is 0.723. The molecular formula is C16H15ClFNO. The summed E-state index contributed by atoms with van der Waals surface area (Å²) in [5.41, 5.74) is 2.66. The molecule has 1 aliphatic heterocycles. The minimum absolute atomic E-state index is 0.000823. The van der Waals surface area contributed by atoms with Gasteiger partial charge in [-0.15, -0.1) is 0 Å². The molecule has 1 atom stereocenters. The van der Waals surface area contributed by atoms with Gasteiger partial charge in [0.15, 0.2) is 11.6 Å². The Balaban J connectivity index is 1.97. The van der Waals surface area contributed by atoms with Crippen LogP contribution in [0.1, 0.15) is 5.56 Å². The molecule has 104 valence electrons. The minimum Gasteiger partial charge on any atom is -0.485 e. The van der Waals surface area contributed by atoms with E-state index in [1.54, 1.807) is 6.07 Å². The summed E-state index contributed by atoms with van der Waals surface area (Å²) in [5, 5.41) is 3.70. The monoisotopic (exact) mass is 291 g/mol. The van der Waals surface area contributed by atoms with Gasteiger partial charge in [0.25, 0.3) is 0 Å². The second-order valence-corrected chi connectivity index (χ2v) is 5.39. The van der Waals surface area contributed by atoms with Gasteiger partial charge < -0.3 is 10.1 Å². The molecule has 1 heterocycles. The SMILES string of the molecule is CNCC1Cc2cc(-c3cccc(Cl)c3)cc(F)c2O1. The molecule has 3 rings (SSSR count). The first-order chi connectivity index (χ1) is 9.67. The fourth-order valence-electron chi connectivity index (χ4n) is 2.56. The van der Waals surface area contributed by atoms with Gasteiger partial charge in [0, 0.05) is 23.6 Å². The fraction of sp³-hybridized carbons (Fsp3) is 0.250.